The van der Waals surface area contributed by atoms with Crippen LogP contribution >= 0.6 is 0 Å². The summed E-state index contributed by atoms with van der Waals surface area (Å²) in [4.78, 5) is 14.6. The second-order valence-electron chi connectivity index (χ2n) is 7.12. The van der Waals surface area contributed by atoms with Crippen LogP contribution in [-0.2, 0) is 11.2 Å². The summed E-state index contributed by atoms with van der Waals surface area (Å²) in [5.74, 6) is 0.158. The molecule has 1 aliphatic heterocycles. The van der Waals surface area contributed by atoms with Crippen molar-refractivity contribution in [3.63, 3.8) is 0 Å². The molecule has 1 heterocycles. The van der Waals surface area contributed by atoms with Gasteiger partial charge in [0, 0.05) is 18.5 Å². The Morgan fingerprint density at radius 1 is 1.14 bits per heavy atom. The molecule has 0 atom stereocenters. The van der Waals surface area contributed by atoms with Gasteiger partial charge in [-0.1, -0.05) is 36.2 Å². The first-order valence-corrected chi connectivity index (χ1v) is 8.55. The van der Waals surface area contributed by atoms with Gasteiger partial charge in [-0.15, -0.1) is 0 Å². The topological polar surface area (TPSA) is 32.3 Å². The van der Waals surface area contributed by atoms with Gasteiger partial charge in [-0.2, -0.15) is 0 Å². The van der Waals surface area contributed by atoms with Gasteiger partial charge < -0.3 is 5.32 Å². The van der Waals surface area contributed by atoms with E-state index in [9.17, 15) is 4.79 Å². The Balaban J connectivity index is 1.73. The molecule has 0 aromatic heterocycles. The smallest absolute Gasteiger partial charge is 0.220 e. The summed E-state index contributed by atoms with van der Waals surface area (Å²) in [5.41, 5.74) is 2.55. The molecule has 0 aliphatic carbocycles. The first-order chi connectivity index (χ1) is 10.5. The molecule has 1 saturated heterocycles. The predicted octanol–water partition coefficient (Wildman–Crippen LogP) is 3.31. The van der Waals surface area contributed by atoms with E-state index in [1.807, 2.05) is 0 Å². The number of aryl methyl sites for hydroxylation is 2. The van der Waals surface area contributed by atoms with E-state index in [2.05, 4.69) is 55.3 Å². The maximum atomic E-state index is 12.1. The molecule has 1 aromatic rings. The Kier molecular flexibility index (Phi) is 6.01. The van der Waals surface area contributed by atoms with Gasteiger partial charge in [0.05, 0.1) is 0 Å². The Morgan fingerprint density at radius 2 is 1.77 bits per heavy atom. The number of carbonyl (C=O) groups is 1. The van der Waals surface area contributed by atoms with Crippen LogP contribution in [0.15, 0.2) is 24.3 Å². The lowest BCUT2D eigenvalue weighted by Crippen LogP contribution is -2.53. The molecule has 122 valence electrons. The number of carbonyl (C=O) groups excluding carboxylic acids is 1. The molecule has 0 unspecified atom stereocenters. The summed E-state index contributed by atoms with van der Waals surface area (Å²) in [5, 5.41) is 3.12. The van der Waals surface area contributed by atoms with Crippen molar-refractivity contribution in [2.45, 2.75) is 58.4 Å². The van der Waals surface area contributed by atoms with Gasteiger partial charge >= 0.3 is 0 Å². The van der Waals surface area contributed by atoms with Crippen molar-refractivity contribution in [3.05, 3.63) is 35.4 Å². The van der Waals surface area contributed by atoms with Gasteiger partial charge in [-0.05, 0) is 58.7 Å². The zero-order valence-corrected chi connectivity index (χ0v) is 14.3. The van der Waals surface area contributed by atoms with Crippen LogP contribution in [0.5, 0.6) is 0 Å². The quantitative estimate of drug-likeness (QED) is 0.874. The minimum atomic E-state index is 0.0555. The number of piperidine rings is 1. The van der Waals surface area contributed by atoms with Crippen molar-refractivity contribution >= 4 is 5.91 Å². The van der Waals surface area contributed by atoms with Crippen molar-refractivity contribution in [3.8, 4) is 0 Å². The molecule has 0 bridgehead atoms. The number of likely N-dealkylation sites (tertiary alicyclic amines) is 1. The van der Waals surface area contributed by atoms with Crippen LogP contribution in [0.25, 0.3) is 0 Å². The fourth-order valence-corrected chi connectivity index (χ4v) is 3.03. The van der Waals surface area contributed by atoms with Crippen LogP contribution in [-0.4, -0.2) is 36.0 Å². The molecule has 22 heavy (non-hydrogen) atoms. The standard InChI is InChI=1S/C19H30N2O/c1-16-7-9-17(10-8-16)11-12-18(22)20-15-19(2,3)21-13-5-4-6-14-21/h7-10H,4-6,11-15H2,1-3H3,(H,20,22). The number of benzene rings is 1. The lowest BCUT2D eigenvalue weighted by molar-refractivity contribution is -0.121. The van der Waals surface area contributed by atoms with Crippen LogP contribution in [0, 0.1) is 6.92 Å². The van der Waals surface area contributed by atoms with Crippen molar-refractivity contribution in [1.82, 2.24) is 10.2 Å². The van der Waals surface area contributed by atoms with Crippen LogP contribution in [0.1, 0.15) is 50.7 Å². The summed E-state index contributed by atoms with van der Waals surface area (Å²) in [6.45, 7) is 9.61. The monoisotopic (exact) mass is 302 g/mol. The zero-order valence-electron chi connectivity index (χ0n) is 14.3. The van der Waals surface area contributed by atoms with Gasteiger partial charge in [-0.25, -0.2) is 0 Å². The van der Waals surface area contributed by atoms with Crippen LogP contribution < -0.4 is 5.32 Å². The summed E-state index contributed by atoms with van der Waals surface area (Å²) >= 11 is 0. The third-order valence-electron chi connectivity index (χ3n) is 4.69. The molecule has 3 heteroatoms. The Labute approximate surface area is 135 Å². The second kappa shape index (κ2) is 7.77. The van der Waals surface area contributed by atoms with Gasteiger partial charge in [0.1, 0.15) is 0 Å². The molecule has 0 spiro atoms. The first kappa shape index (κ1) is 17.0. The zero-order chi connectivity index (χ0) is 16.0. The van der Waals surface area contributed by atoms with E-state index in [4.69, 9.17) is 0 Å². The number of hydrogen-bond acceptors (Lipinski definition) is 2. The Bertz CT molecular complexity index is 473. The number of nitrogens with zero attached hydrogens (tertiary/aromatic N) is 1. The minimum absolute atomic E-state index is 0.0555. The lowest BCUT2D eigenvalue weighted by Gasteiger charge is -2.41. The highest BCUT2D eigenvalue weighted by Crippen LogP contribution is 2.19. The molecule has 1 amide bonds. The van der Waals surface area contributed by atoms with E-state index in [-0.39, 0.29) is 11.4 Å². The van der Waals surface area contributed by atoms with Gasteiger partial charge in [0.25, 0.3) is 0 Å². The summed E-state index contributed by atoms with van der Waals surface area (Å²) in [6, 6.07) is 8.43. The number of nitrogens with one attached hydrogen (secondary N) is 1. The second-order valence-corrected chi connectivity index (χ2v) is 7.12. The fraction of sp³-hybridized carbons (Fsp3) is 0.632. The molecule has 1 N–H and O–H groups in total. The molecule has 0 radical (unpaired) electrons. The molecular formula is C19H30N2O. The maximum absolute atomic E-state index is 12.1. The fourth-order valence-electron chi connectivity index (χ4n) is 3.03. The minimum Gasteiger partial charge on any atom is -0.354 e. The molecule has 1 aliphatic rings. The SMILES string of the molecule is Cc1ccc(CCC(=O)NCC(C)(C)N2CCCCC2)cc1. The van der Waals surface area contributed by atoms with Crippen LogP contribution in [0.3, 0.4) is 0 Å². The van der Waals surface area contributed by atoms with E-state index in [1.165, 1.54) is 30.4 Å². The highest BCUT2D eigenvalue weighted by Gasteiger charge is 2.28. The lowest BCUT2D eigenvalue weighted by atomic mass is 9.98. The molecule has 1 fully saturated rings. The van der Waals surface area contributed by atoms with Crippen LogP contribution in [0.2, 0.25) is 0 Å². The van der Waals surface area contributed by atoms with Crippen molar-refractivity contribution in [2.24, 2.45) is 0 Å². The van der Waals surface area contributed by atoms with Crippen molar-refractivity contribution in [2.75, 3.05) is 19.6 Å². The maximum Gasteiger partial charge on any atom is 0.220 e. The third kappa shape index (κ3) is 5.13. The molecule has 0 saturated carbocycles. The highest BCUT2D eigenvalue weighted by atomic mass is 16.1. The van der Waals surface area contributed by atoms with E-state index < -0.39 is 0 Å². The number of hydrogen-bond donors (Lipinski definition) is 1. The van der Waals surface area contributed by atoms with Gasteiger partial charge in [0.2, 0.25) is 5.91 Å². The first-order valence-electron chi connectivity index (χ1n) is 8.55. The average molecular weight is 302 g/mol. The van der Waals surface area contributed by atoms with Gasteiger partial charge in [-0.3, -0.25) is 9.69 Å². The molecular weight excluding hydrogens is 272 g/mol. The molecule has 1 aromatic carbocycles. The third-order valence-corrected chi connectivity index (χ3v) is 4.69. The highest BCUT2D eigenvalue weighted by molar-refractivity contribution is 5.76. The summed E-state index contributed by atoms with van der Waals surface area (Å²) < 4.78 is 0. The average Bonchev–Trinajstić information content (AvgIpc) is 2.53. The largest absolute Gasteiger partial charge is 0.354 e. The summed E-state index contributed by atoms with van der Waals surface area (Å²) in [7, 11) is 0. The number of amides is 1. The van der Waals surface area contributed by atoms with E-state index in [0.29, 0.717) is 6.42 Å². The Hall–Kier alpha value is -1.35. The van der Waals surface area contributed by atoms with Crippen LogP contribution in [0.4, 0.5) is 0 Å². The van der Waals surface area contributed by atoms with Crippen molar-refractivity contribution < 1.29 is 4.79 Å². The van der Waals surface area contributed by atoms with Gasteiger partial charge in [0.15, 0.2) is 0 Å². The molecule has 3 nitrogen and oxygen atoms in total. The number of rotatable bonds is 6. The predicted molar refractivity (Wildman–Crippen MR) is 92.0 cm³/mol. The van der Waals surface area contributed by atoms with E-state index >= 15 is 0 Å². The molecule has 2 rings (SSSR count). The normalized spacial score (nSPS) is 16.5. The summed E-state index contributed by atoms with van der Waals surface area (Å²) in [6.07, 6.45) is 5.29. The van der Waals surface area contributed by atoms with Crippen molar-refractivity contribution in [1.29, 1.82) is 0 Å². The Morgan fingerprint density at radius 3 is 2.41 bits per heavy atom. The van der Waals surface area contributed by atoms with E-state index in [0.717, 1.165) is 26.1 Å². The van der Waals surface area contributed by atoms with E-state index in [1.54, 1.807) is 0 Å².